The SMILES string of the molecule is [2H]C([2H])([2H])[C@]([2H])(Cc1ccccc1)N(C)CC#C. The summed E-state index contributed by atoms with van der Waals surface area (Å²) in [5, 5.41) is 0. The summed E-state index contributed by atoms with van der Waals surface area (Å²) in [5.74, 6) is 2.39. The van der Waals surface area contributed by atoms with Crippen molar-refractivity contribution >= 4 is 0 Å². The van der Waals surface area contributed by atoms with Crippen molar-refractivity contribution in [2.45, 2.75) is 19.3 Å². The monoisotopic (exact) mass is 191 g/mol. The van der Waals surface area contributed by atoms with Crippen molar-refractivity contribution in [1.29, 1.82) is 0 Å². The molecule has 0 saturated carbocycles. The van der Waals surface area contributed by atoms with E-state index in [1.165, 1.54) is 4.90 Å². The summed E-state index contributed by atoms with van der Waals surface area (Å²) in [5.41, 5.74) is 0.812. The van der Waals surface area contributed by atoms with Gasteiger partial charge in [-0.15, -0.1) is 6.42 Å². The van der Waals surface area contributed by atoms with Crippen molar-refractivity contribution < 1.29 is 5.48 Å². The van der Waals surface area contributed by atoms with Gasteiger partial charge in [-0.1, -0.05) is 36.3 Å². The van der Waals surface area contributed by atoms with Gasteiger partial charge < -0.3 is 0 Å². The second-order valence-electron chi connectivity index (χ2n) is 3.17. The molecule has 74 valence electrons. The Hall–Kier alpha value is -1.26. The van der Waals surface area contributed by atoms with Crippen molar-refractivity contribution in [2.75, 3.05) is 13.6 Å². The van der Waals surface area contributed by atoms with E-state index >= 15 is 0 Å². The highest BCUT2D eigenvalue weighted by Crippen LogP contribution is 2.06. The largest absolute Gasteiger partial charge is 0.292 e. The van der Waals surface area contributed by atoms with Crippen LogP contribution in [0.2, 0.25) is 0 Å². The summed E-state index contributed by atoms with van der Waals surface area (Å²) in [6, 6.07) is 7.45. The van der Waals surface area contributed by atoms with E-state index in [4.69, 9.17) is 11.9 Å². The van der Waals surface area contributed by atoms with E-state index in [2.05, 4.69) is 5.92 Å². The molecule has 0 spiro atoms. The Morgan fingerprint density at radius 3 is 2.86 bits per heavy atom. The Labute approximate surface area is 92.4 Å². The molecule has 1 aromatic rings. The Bertz CT molecular complexity index is 421. The molecule has 0 heterocycles. The molecule has 0 bridgehead atoms. The molecule has 1 aromatic carbocycles. The molecule has 0 aliphatic carbocycles. The molecule has 0 fully saturated rings. The van der Waals surface area contributed by atoms with Gasteiger partial charge in [0.15, 0.2) is 0 Å². The van der Waals surface area contributed by atoms with E-state index in [1.54, 1.807) is 7.05 Å². The van der Waals surface area contributed by atoms with Crippen molar-refractivity contribution in [1.82, 2.24) is 4.90 Å². The molecule has 14 heavy (non-hydrogen) atoms. The van der Waals surface area contributed by atoms with E-state index in [0.717, 1.165) is 5.56 Å². The molecule has 1 heteroatoms. The van der Waals surface area contributed by atoms with Crippen molar-refractivity contribution in [3.63, 3.8) is 0 Å². The lowest BCUT2D eigenvalue weighted by atomic mass is 10.1. The average Bonchev–Trinajstić information content (AvgIpc) is 2.29. The molecule has 0 amide bonds. The van der Waals surface area contributed by atoms with Gasteiger partial charge in [-0.3, -0.25) is 4.90 Å². The molecule has 1 rings (SSSR count). The van der Waals surface area contributed by atoms with Gasteiger partial charge in [0.2, 0.25) is 0 Å². The van der Waals surface area contributed by atoms with Gasteiger partial charge in [-0.05, 0) is 25.9 Å². The smallest absolute Gasteiger partial charge is 0.0598 e. The summed E-state index contributed by atoms with van der Waals surface area (Å²) >= 11 is 0. The van der Waals surface area contributed by atoms with E-state index in [9.17, 15) is 0 Å². The summed E-state index contributed by atoms with van der Waals surface area (Å²) < 4.78 is 31.0. The van der Waals surface area contributed by atoms with Gasteiger partial charge in [0.05, 0.1) is 6.54 Å². The number of hydrogen-bond donors (Lipinski definition) is 0. The molecule has 0 aliphatic rings. The van der Waals surface area contributed by atoms with Crippen LogP contribution in [-0.4, -0.2) is 24.5 Å². The summed E-state index contributed by atoms with van der Waals surface area (Å²) in [4.78, 5) is 1.40. The molecule has 0 saturated heterocycles. The summed E-state index contributed by atoms with van der Waals surface area (Å²) in [6.45, 7) is -2.29. The van der Waals surface area contributed by atoms with Gasteiger partial charge in [0, 0.05) is 11.5 Å². The third kappa shape index (κ3) is 3.24. The molecule has 0 N–H and O–H groups in total. The van der Waals surface area contributed by atoms with Crippen LogP contribution in [0.1, 0.15) is 17.9 Å². The first-order valence-electron chi connectivity index (χ1n) is 6.50. The predicted octanol–water partition coefficient (Wildman–Crippen LogP) is 2.18. The van der Waals surface area contributed by atoms with Crippen LogP contribution in [0.4, 0.5) is 0 Å². The lowest BCUT2D eigenvalue weighted by molar-refractivity contribution is 0.287. The number of terminal acetylenes is 1. The number of rotatable bonds is 4. The van der Waals surface area contributed by atoms with Crippen LogP contribution in [0.3, 0.4) is 0 Å². The zero-order valence-electron chi connectivity index (χ0n) is 12.3. The number of benzene rings is 1. The van der Waals surface area contributed by atoms with Crippen molar-refractivity contribution in [3.05, 3.63) is 35.9 Å². The van der Waals surface area contributed by atoms with E-state index in [-0.39, 0.29) is 13.0 Å². The Balaban J connectivity index is 3.03. The highest BCUT2D eigenvalue weighted by molar-refractivity contribution is 5.15. The summed E-state index contributed by atoms with van der Waals surface area (Å²) in [7, 11) is 1.57. The van der Waals surface area contributed by atoms with E-state index in [1.807, 2.05) is 30.3 Å². The van der Waals surface area contributed by atoms with Crippen LogP contribution >= 0.6 is 0 Å². The zero-order chi connectivity index (χ0) is 13.8. The molecule has 0 aliphatic heterocycles. The van der Waals surface area contributed by atoms with Gasteiger partial charge in [0.1, 0.15) is 0 Å². The highest BCUT2D eigenvalue weighted by Gasteiger charge is 2.07. The maximum atomic E-state index is 8.29. The standard InChI is InChI=1S/C13H17N/c1-4-10-14(3)12(2)11-13-8-6-5-7-9-13/h1,5-9,12H,10-11H2,2-3H3/t12-/m1/s1/i2D3,12D. The van der Waals surface area contributed by atoms with Gasteiger partial charge >= 0.3 is 0 Å². The first kappa shape index (κ1) is 6.27. The molecule has 0 radical (unpaired) electrons. The lowest BCUT2D eigenvalue weighted by Crippen LogP contribution is -2.31. The van der Waals surface area contributed by atoms with Crippen LogP contribution in [0.5, 0.6) is 0 Å². The van der Waals surface area contributed by atoms with Crippen molar-refractivity contribution in [3.8, 4) is 12.3 Å². The van der Waals surface area contributed by atoms with Crippen LogP contribution in [-0.2, 0) is 6.42 Å². The minimum absolute atomic E-state index is 0.114. The number of nitrogens with zero attached hydrogens (tertiary/aromatic N) is 1. The van der Waals surface area contributed by atoms with Crippen LogP contribution in [0.15, 0.2) is 30.3 Å². The van der Waals surface area contributed by atoms with E-state index < -0.39 is 12.9 Å². The fourth-order valence-corrected chi connectivity index (χ4v) is 1.16. The molecule has 0 aromatic heterocycles. The van der Waals surface area contributed by atoms with Crippen LogP contribution < -0.4 is 0 Å². The second-order valence-corrected chi connectivity index (χ2v) is 3.17. The number of likely N-dealkylation sites (N-methyl/N-ethyl adjacent to an activating group) is 1. The third-order valence-electron chi connectivity index (χ3n) is 2.00. The second kappa shape index (κ2) is 5.47. The fourth-order valence-electron chi connectivity index (χ4n) is 1.16. The first-order chi connectivity index (χ1) is 8.31. The topological polar surface area (TPSA) is 3.24 Å². The van der Waals surface area contributed by atoms with Crippen LogP contribution in [0, 0.1) is 12.3 Å². The Kier molecular flexibility index (Phi) is 2.45. The maximum absolute atomic E-state index is 8.29. The molecule has 1 atom stereocenters. The maximum Gasteiger partial charge on any atom is 0.0598 e. The van der Waals surface area contributed by atoms with Gasteiger partial charge in [-0.2, -0.15) is 0 Å². The average molecular weight is 191 g/mol. The molecule has 0 unspecified atom stereocenters. The number of hydrogen-bond acceptors (Lipinski definition) is 1. The minimum atomic E-state index is -2.42. The normalized spacial score (nSPS) is 19.8. The quantitative estimate of drug-likeness (QED) is 0.659. The Morgan fingerprint density at radius 1 is 1.57 bits per heavy atom. The molecule has 1 nitrogen and oxygen atoms in total. The first-order valence-corrected chi connectivity index (χ1v) is 4.50. The van der Waals surface area contributed by atoms with Crippen molar-refractivity contribution in [2.24, 2.45) is 0 Å². The van der Waals surface area contributed by atoms with Crippen LogP contribution in [0.25, 0.3) is 0 Å². The predicted molar refractivity (Wildman–Crippen MR) is 61.1 cm³/mol. The highest BCUT2D eigenvalue weighted by atomic mass is 15.1. The zero-order valence-corrected chi connectivity index (χ0v) is 8.33. The fraction of sp³-hybridized carbons (Fsp3) is 0.385. The molecular formula is C13H17N. The van der Waals surface area contributed by atoms with E-state index in [0.29, 0.717) is 0 Å². The lowest BCUT2D eigenvalue weighted by Gasteiger charge is -2.22. The Morgan fingerprint density at radius 2 is 2.29 bits per heavy atom. The molecular weight excluding hydrogens is 170 g/mol. The minimum Gasteiger partial charge on any atom is -0.292 e. The third-order valence-corrected chi connectivity index (χ3v) is 2.00. The van der Waals surface area contributed by atoms with Gasteiger partial charge in [0.25, 0.3) is 0 Å². The van der Waals surface area contributed by atoms with Gasteiger partial charge in [-0.25, -0.2) is 0 Å². The summed E-state index contributed by atoms with van der Waals surface area (Å²) in [6.07, 6.45) is 5.32.